The van der Waals surface area contributed by atoms with Crippen LogP contribution in [0.4, 0.5) is 4.79 Å². The second kappa shape index (κ2) is 10.3. The van der Waals surface area contributed by atoms with Crippen LogP contribution in [0.15, 0.2) is 48.5 Å². The van der Waals surface area contributed by atoms with Crippen LogP contribution in [0.3, 0.4) is 0 Å². The van der Waals surface area contributed by atoms with E-state index >= 15 is 0 Å². The number of nitrogens with one attached hydrogen (secondary N) is 1. The van der Waals surface area contributed by atoms with Crippen molar-refractivity contribution in [3.8, 4) is 11.1 Å². The molecule has 26 heavy (non-hydrogen) atoms. The number of rotatable bonds is 8. The number of alkyl carbamates (subject to hydrolysis) is 1. The maximum Gasteiger partial charge on any atom is 0.407 e. The van der Waals surface area contributed by atoms with Crippen LogP contribution in [0.1, 0.15) is 42.7 Å². The van der Waals surface area contributed by atoms with Gasteiger partial charge >= 0.3 is 6.09 Å². The van der Waals surface area contributed by atoms with E-state index in [0.29, 0.717) is 13.2 Å². The van der Waals surface area contributed by atoms with Gasteiger partial charge in [0.25, 0.3) is 0 Å². The largest absolute Gasteiger partial charge is 0.449 e. The number of hydrogen-bond acceptors (Lipinski definition) is 3. The standard InChI is InChI=1S/C21H26N2O2.BrH/c22-13-7-1-2-8-14-23-21(24)25-15-20-18-11-5-3-9-16(18)17-10-4-6-12-19(17)20;/h3-6,9-12,20H,1-2,7-8,13-15,22H2,(H,23,24);1H. The van der Waals surface area contributed by atoms with Gasteiger partial charge in [0.05, 0.1) is 0 Å². The van der Waals surface area contributed by atoms with Gasteiger partial charge in [-0.25, -0.2) is 4.79 Å². The lowest BCUT2D eigenvalue weighted by Gasteiger charge is -2.14. The minimum Gasteiger partial charge on any atom is -0.449 e. The van der Waals surface area contributed by atoms with Crippen molar-refractivity contribution >= 4 is 23.1 Å². The van der Waals surface area contributed by atoms with Crippen LogP contribution in [-0.4, -0.2) is 25.8 Å². The normalized spacial score (nSPS) is 12.0. The Kier molecular flexibility index (Phi) is 8.13. The zero-order valence-corrected chi connectivity index (χ0v) is 16.7. The van der Waals surface area contributed by atoms with Gasteiger partial charge in [0.15, 0.2) is 0 Å². The molecule has 0 bridgehead atoms. The van der Waals surface area contributed by atoms with Crippen LogP contribution in [0, 0.1) is 0 Å². The summed E-state index contributed by atoms with van der Waals surface area (Å²) < 4.78 is 5.50. The smallest absolute Gasteiger partial charge is 0.407 e. The molecular weight excluding hydrogens is 392 g/mol. The molecule has 1 aliphatic carbocycles. The van der Waals surface area contributed by atoms with Crippen LogP contribution in [-0.2, 0) is 4.74 Å². The first-order valence-electron chi connectivity index (χ1n) is 9.10. The van der Waals surface area contributed by atoms with Crippen molar-refractivity contribution in [2.75, 3.05) is 19.7 Å². The van der Waals surface area contributed by atoms with E-state index in [2.05, 4.69) is 41.7 Å². The molecule has 3 rings (SSSR count). The third-order valence-corrected chi connectivity index (χ3v) is 4.74. The van der Waals surface area contributed by atoms with E-state index in [-0.39, 0.29) is 29.0 Å². The van der Waals surface area contributed by atoms with E-state index < -0.39 is 0 Å². The van der Waals surface area contributed by atoms with Crippen LogP contribution in [0.2, 0.25) is 0 Å². The van der Waals surface area contributed by atoms with E-state index in [1.54, 1.807) is 0 Å². The Morgan fingerprint density at radius 1 is 0.923 bits per heavy atom. The Balaban J connectivity index is 0.00000243. The SMILES string of the molecule is Br.NCCCCCCNC(=O)OCC1c2ccccc2-c2ccccc21. The minimum atomic E-state index is -0.333. The first kappa shape index (κ1) is 20.5. The van der Waals surface area contributed by atoms with Gasteiger partial charge in [-0.05, 0) is 41.6 Å². The summed E-state index contributed by atoms with van der Waals surface area (Å²) in [7, 11) is 0. The highest BCUT2D eigenvalue weighted by Gasteiger charge is 2.28. The number of nitrogens with two attached hydrogens (primary N) is 1. The Hall–Kier alpha value is -1.85. The lowest BCUT2D eigenvalue weighted by atomic mass is 9.98. The zero-order chi connectivity index (χ0) is 17.5. The highest BCUT2D eigenvalue weighted by Crippen LogP contribution is 2.44. The molecule has 0 aromatic heterocycles. The molecule has 0 heterocycles. The summed E-state index contributed by atoms with van der Waals surface area (Å²) in [5.41, 5.74) is 10.4. The third kappa shape index (κ3) is 4.86. The summed E-state index contributed by atoms with van der Waals surface area (Å²) in [6.07, 6.45) is 3.87. The third-order valence-electron chi connectivity index (χ3n) is 4.74. The number of amides is 1. The van der Waals surface area contributed by atoms with Crippen LogP contribution >= 0.6 is 17.0 Å². The molecule has 4 nitrogen and oxygen atoms in total. The lowest BCUT2D eigenvalue weighted by Crippen LogP contribution is -2.27. The average Bonchev–Trinajstić information content (AvgIpc) is 2.97. The Morgan fingerprint density at radius 3 is 2.12 bits per heavy atom. The number of benzene rings is 2. The maximum atomic E-state index is 12.0. The van der Waals surface area contributed by atoms with Crippen molar-refractivity contribution in [3.05, 3.63) is 59.7 Å². The highest BCUT2D eigenvalue weighted by molar-refractivity contribution is 8.93. The lowest BCUT2D eigenvalue weighted by molar-refractivity contribution is 0.143. The number of hydrogen-bond donors (Lipinski definition) is 2. The molecule has 140 valence electrons. The van der Waals surface area contributed by atoms with Crippen molar-refractivity contribution in [2.45, 2.75) is 31.6 Å². The van der Waals surface area contributed by atoms with E-state index in [4.69, 9.17) is 10.5 Å². The maximum absolute atomic E-state index is 12.0. The molecule has 0 radical (unpaired) electrons. The predicted octanol–water partition coefficient (Wildman–Crippen LogP) is 4.62. The predicted molar refractivity (Wildman–Crippen MR) is 111 cm³/mol. The summed E-state index contributed by atoms with van der Waals surface area (Å²) in [6, 6.07) is 16.7. The quantitative estimate of drug-likeness (QED) is 0.614. The summed E-state index contributed by atoms with van der Waals surface area (Å²) in [4.78, 5) is 12.0. The molecule has 0 unspecified atom stereocenters. The first-order valence-corrected chi connectivity index (χ1v) is 9.10. The summed E-state index contributed by atoms with van der Waals surface area (Å²) in [5.74, 6) is 0.114. The molecule has 0 saturated carbocycles. The Bertz CT molecular complexity index is 675. The van der Waals surface area contributed by atoms with Gasteiger partial charge in [0.1, 0.15) is 6.61 Å². The second-order valence-electron chi connectivity index (χ2n) is 6.46. The first-order chi connectivity index (χ1) is 12.3. The summed E-state index contributed by atoms with van der Waals surface area (Å²) in [5, 5.41) is 2.84. The van der Waals surface area contributed by atoms with Gasteiger partial charge in [0, 0.05) is 12.5 Å². The Morgan fingerprint density at radius 2 is 1.50 bits per heavy atom. The molecule has 3 N–H and O–H groups in total. The zero-order valence-electron chi connectivity index (χ0n) is 14.9. The van der Waals surface area contributed by atoms with Crippen molar-refractivity contribution < 1.29 is 9.53 Å². The van der Waals surface area contributed by atoms with Crippen molar-refractivity contribution in [1.29, 1.82) is 0 Å². The molecule has 1 aliphatic rings. The molecule has 0 spiro atoms. The summed E-state index contributed by atoms with van der Waals surface area (Å²) in [6.45, 7) is 1.76. The number of carbonyl (C=O) groups excluding carboxylic acids is 1. The topological polar surface area (TPSA) is 64.3 Å². The monoisotopic (exact) mass is 418 g/mol. The number of fused-ring (bicyclic) bond motifs is 3. The van der Waals surface area contributed by atoms with Crippen LogP contribution in [0.25, 0.3) is 11.1 Å². The van der Waals surface area contributed by atoms with Gasteiger partial charge in [-0.15, -0.1) is 17.0 Å². The number of carbonyl (C=O) groups is 1. The summed E-state index contributed by atoms with van der Waals surface area (Å²) >= 11 is 0. The number of ether oxygens (including phenoxy) is 1. The molecule has 5 heteroatoms. The molecular formula is C21H27BrN2O2. The van der Waals surface area contributed by atoms with Gasteiger partial charge in [0.2, 0.25) is 0 Å². The molecule has 0 atom stereocenters. The molecule has 2 aromatic carbocycles. The molecule has 0 fully saturated rings. The van der Waals surface area contributed by atoms with Gasteiger partial charge < -0.3 is 15.8 Å². The molecule has 0 aliphatic heterocycles. The van der Waals surface area contributed by atoms with Gasteiger partial charge in [-0.1, -0.05) is 61.4 Å². The van der Waals surface area contributed by atoms with Crippen molar-refractivity contribution in [2.24, 2.45) is 5.73 Å². The van der Waals surface area contributed by atoms with Crippen LogP contribution < -0.4 is 11.1 Å². The molecule has 0 saturated heterocycles. The molecule has 1 amide bonds. The second-order valence-corrected chi connectivity index (χ2v) is 6.46. The van der Waals surface area contributed by atoms with E-state index in [1.165, 1.54) is 22.3 Å². The highest BCUT2D eigenvalue weighted by atomic mass is 79.9. The minimum absolute atomic E-state index is 0. The molecule has 2 aromatic rings. The fourth-order valence-electron chi connectivity index (χ4n) is 3.46. The van der Waals surface area contributed by atoms with Crippen molar-refractivity contribution in [1.82, 2.24) is 5.32 Å². The van der Waals surface area contributed by atoms with E-state index in [9.17, 15) is 4.79 Å². The van der Waals surface area contributed by atoms with Gasteiger partial charge in [-0.2, -0.15) is 0 Å². The Labute approximate surface area is 165 Å². The average molecular weight is 419 g/mol. The van der Waals surface area contributed by atoms with Crippen molar-refractivity contribution in [3.63, 3.8) is 0 Å². The number of unbranched alkanes of at least 4 members (excludes halogenated alkanes) is 3. The van der Waals surface area contributed by atoms with Gasteiger partial charge in [-0.3, -0.25) is 0 Å². The van der Waals surface area contributed by atoms with Crippen LogP contribution in [0.5, 0.6) is 0 Å². The number of halogens is 1. The fraction of sp³-hybridized carbons (Fsp3) is 0.381. The van der Waals surface area contributed by atoms with E-state index in [0.717, 1.165) is 32.2 Å². The van der Waals surface area contributed by atoms with E-state index in [1.807, 2.05) is 12.1 Å². The fourth-order valence-corrected chi connectivity index (χ4v) is 3.46.